The Labute approximate surface area is 318 Å². The van der Waals surface area contributed by atoms with Gasteiger partial charge in [-0.25, -0.2) is 27.3 Å². The van der Waals surface area contributed by atoms with E-state index in [0.717, 1.165) is 16.5 Å². The van der Waals surface area contributed by atoms with Gasteiger partial charge in [-0.05, 0) is 85.2 Å². The van der Waals surface area contributed by atoms with Crippen LogP contribution in [-0.2, 0) is 45.3 Å². The zero-order chi connectivity index (χ0) is 39.9. The minimum atomic E-state index is -4.82. The molecule has 16 heteroatoms. The number of allylic oxidation sites excluding steroid dienone is 3. The Hall–Kier alpha value is -3.90. The topological polar surface area (TPSA) is 207 Å². The third-order valence-electron chi connectivity index (χ3n) is 9.60. The number of ether oxygens (including phenoxy) is 2. The highest BCUT2D eigenvalue weighted by molar-refractivity contribution is 7.86. The van der Waals surface area contributed by atoms with Gasteiger partial charge in [0.05, 0.1) is 21.1 Å². The number of nitrogens with two attached hydrogens (primary N) is 1. The van der Waals surface area contributed by atoms with Crippen molar-refractivity contribution in [1.29, 1.82) is 0 Å². The first kappa shape index (κ1) is 42.8. The van der Waals surface area contributed by atoms with E-state index in [1.54, 1.807) is 26.4 Å². The lowest BCUT2D eigenvalue weighted by Gasteiger charge is -2.30. The lowest BCUT2D eigenvalue weighted by Crippen LogP contribution is -2.35. The standard InChI is InChI=1S/C38H52N4O10S2/c1-37(2,3)31-25-28(52-34-24-27(13-15-30(31)34)41(19-21-50-5)20-22-51-6)10-7-11-35-38(4,17-8-12-36(43)40-39)32-26-29(54(47,48)49)14-16-33(32)42(35)18-9-23-53(44,45)46/h7,10-11,13-16,24-26H,8-9,12,17-23,39H2,1-6H3,(H2-,40,43,44,45,46,47,48,49)/p-1. The van der Waals surface area contributed by atoms with Crippen molar-refractivity contribution in [2.75, 3.05) is 57.7 Å². The van der Waals surface area contributed by atoms with Gasteiger partial charge < -0.3 is 27.9 Å². The van der Waals surface area contributed by atoms with Gasteiger partial charge in [0, 0.05) is 61.4 Å². The predicted molar refractivity (Wildman–Crippen MR) is 204 cm³/mol. The van der Waals surface area contributed by atoms with Crippen LogP contribution in [0.1, 0.15) is 70.3 Å². The molecule has 1 amide bonds. The minimum absolute atomic E-state index is 0.0113. The van der Waals surface area contributed by atoms with Crippen molar-refractivity contribution in [3.8, 4) is 11.3 Å². The molecule has 3 N–H and O–H groups in total. The van der Waals surface area contributed by atoms with Crippen LogP contribution in [0.5, 0.6) is 0 Å². The van der Waals surface area contributed by atoms with E-state index < -0.39 is 36.3 Å². The maximum absolute atomic E-state index is 12.1. The molecule has 14 nitrogen and oxygen atoms in total. The Kier molecular flexibility index (Phi) is 14.0. The van der Waals surface area contributed by atoms with Crippen LogP contribution in [0.2, 0.25) is 0 Å². The van der Waals surface area contributed by atoms with E-state index in [2.05, 4.69) is 42.9 Å². The van der Waals surface area contributed by atoms with Crippen molar-refractivity contribution >= 4 is 37.9 Å². The quantitative estimate of drug-likeness (QED) is 0.0664. The molecule has 54 heavy (non-hydrogen) atoms. The van der Waals surface area contributed by atoms with Crippen LogP contribution < -0.4 is 26.1 Å². The molecule has 1 aromatic rings. The number of carbonyl (C=O) groups is 1. The van der Waals surface area contributed by atoms with Gasteiger partial charge in [0.1, 0.15) is 34.9 Å². The summed E-state index contributed by atoms with van der Waals surface area (Å²) in [5.41, 5.74) is 4.67. The number of fused-ring (bicyclic) bond motifs is 2. The minimum Gasteiger partial charge on any atom is -0.748 e. The summed E-state index contributed by atoms with van der Waals surface area (Å²) in [5.74, 6) is 5.56. The summed E-state index contributed by atoms with van der Waals surface area (Å²) < 4.78 is 90.3. The van der Waals surface area contributed by atoms with Gasteiger partial charge >= 0.3 is 0 Å². The first-order valence-corrected chi connectivity index (χ1v) is 20.6. The molecule has 1 aliphatic carbocycles. The van der Waals surface area contributed by atoms with E-state index in [4.69, 9.17) is 19.7 Å². The molecule has 1 aromatic carbocycles. The smallest absolute Gasteiger partial charge is 0.233 e. The fourth-order valence-electron chi connectivity index (χ4n) is 6.87. The average molecular weight is 788 g/mol. The number of anilines is 1. The number of nitrogens with zero attached hydrogens (tertiary/aromatic N) is 2. The zero-order valence-electron chi connectivity index (χ0n) is 31.7. The number of hydrazine groups is 1. The monoisotopic (exact) mass is 787 g/mol. The van der Waals surface area contributed by atoms with Crippen LogP contribution in [0.3, 0.4) is 0 Å². The van der Waals surface area contributed by atoms with Gasteiger partial charge in [0.25, 0.3) is 0 Å². The molecule has 1 atom stereocenters. The number of nitrogens with one attached hydrogen (secondary N) is 1. The molecule has 0 saturated carbocycles. The van der Waals surface area contributed by atoms with Crippen LogP contribution in [0, 0.1) is 0 Å². The van der Waals surface area contributed by atoms with Crippen LogP contribution in [0.4, 0.5) is 5.69 Å². The first-order valence-electron chi connectivity index (χ1n) is 17.7. The zero-order valence-corrected chi connectivity index (χ0v) is 33.3. The summed E-state index contributed by atoms with van der Waals surface area (Å²) in [6, 6.07) is 12.2. The second-order valence-corrected chi connectivity index (χ2v) is 17.4. The highest BCUT2D eigenvalue weighted by atomic mass is 32.2. The summed E-state index contributed by atoms with van der Waals surface area (Å²) in [7, 11) is -6.02. The molecule has 1 unspecified atom stereocenters. The van der Waals surface area contributed by atoms with Crippen molar-refractivity contribution in [1.82, 2.24) is 10.0 Å². The van der Waals surface area contributed by atoms with Crippen molar-refractivity contribution < 1.29 is 44.6 Å². The molecule has 0 aromatic heterocycles. The molecule has 2 aliphatic heterocycles. The number of methoxy groups -OCH3 is 2. The van der Waals surface area contributed by atoms with Crippen LogP contribution in [-0.4, -0.2) is 84.7 Å². The van der Waals surface area contributed by atoms with E-state index in [-0.39, 0.29) is 30.7 Å². The Balaban J connectivity index is 1.89. The van der Waals surface area contributed by atoms with Gasteiger partial charge in [-0.2, -0.15) is 0 Å². The molecular formula is C38H51N4O10S2-. The number of hydrogen-bond donors (Lipinski definition) is 2. The number of amides is 1. The Morgan fingerprint density at radius 2 is 1.70 bits per heavy atom. The molecule has 0 spiro atoms. The van der Waals surface area contributed by atoms with Crippen LogP contribution in [0.15, 0.2) is 69.6 Å². The third-order valence-corrected chi connectivity index (χ3v) is 11.2. The second kappa shape index (κ2) is 17.7. The highest BCUT2D eigenvalue weighted by Crippen LogP contribution is 2.51. The van der Waals surface area contributed by atoms with Gasteiger partial charge in [0.15, 0.2) is 13.1 Å². The molecule has 2 heterocycles. The van der Waals surface area contributed by atoms with Gasteiger partial charge in [-0.15, -0.1) is 0 Å². The number of benzene rings is 2. The Bertz CT molecular complexity index is 2130. The largest absolute Gasteiger partial charge is 0.748 e. The molecule has 3 aliphatic rings. The lowest BCUT2D eigenvalue weighted by molar-refractivity contribution is -0.121. The Morgan fingerprint density at radius 1 is 1.02 bits per heavy atom. The number of carbonyl (C=O) groups excluding carboxylic acids is 1. The molecule has 0 bridgehead atoms. The van der Waals surface area contributed by atoms with Gasteiger partial charge in [-0.3, -0.25) is 10.2 Å². The maximum Gasteiger partial charge on any atom is 0.233 e. The first-order chi connectivity index (χ1) is 25.3. The number of rotatable bonds is 17. The molecule has 0 fully saturated rings. The SMILES string of the molecule is COCC[N+](CCOC)=c1ccc2c(C(C)(C)C)cc(/C=C/C=C3/N(CCCS(=O)(=O)[O-])c4ccc(S(=O)(=O)[O-])cc4C3(C)CCCC(=O)NN)oc-2c1. The van der Waals surface area contributed by atoms with E-state index >= 15 is 0 Å². The Morgan fingerprint density at radius 3 is 2.30 bits per heavy atom. The van der Waals surface area contributed by atoms with Gasteiger partial charge in [-0.1, -0.05) is 26.8 Å². The lowest BCUT2D eigenvalue weighted by atomic mass is 9.77. The van der Waals surface area contributed by atoms with E-state index in [0.29, 0.717) is 67.6 Å². The summed E-state index contributed by atoms with van der Waals surface area (Å²) >= 11 is 0. The summed E-state index contributed by atoms with van der Waals surface area (Å²) in [6.07, 6.45) is 6.18. The predicted octanol–water partition coefficient (Wildman–Crippen LogP) is 3.42. The van der Waals surface area contributed by atoms with Crippen molar-refractivity contribution in [3.05, 3.63) is 82.6 Å². The molecule has 4 rings (SSSR count). The van der Waals surface area contributed by atoms with E-state index in [1.807, 2.05) is 30.0 Å². The van der Waals surface area contributed by atoms with Crippen molar-refractivity contribution in [3.63, 3.8) is 0 Å². The number of hydrogen-bond acceptors (Lipinski definition) is 12. The fourth-order valence-corrected chi connectivity index (χ4v) is 7.85. The van der Waals surface area contributed by atoms with Gasteiger partial charge in [0.2, 0.25) is 11.3 Å². The van der Waals surface area contributed by atoms with Crippen molar-refractivity contribution in [2.45, 2.75) is 69.1 Å². The molecule has 296 valence electrons. The summed E-state index contributed by atoms with van der Waals surface area (Å²) in [5, 5.41) is 0.946. The van der Waals surface area contributed by atoms with Crippen LogP contribution >= 0.6 is 0 Å². The van der Waals surface area contributed by atoms with Crippen molar-refractivity contribution in [2.24, 2.45) is 5.84 Å². The molecule has 0 radical (unpaired) electrons. The fraction of sp³-hybridized carbons (Fsp3) is 0.474. The van der Waals surface area contributed by atoms with Crippen LogP contribution in [0.25, 0.3) is 17.4 Å². The second-order valence-electron chi connectivity index (χ2n) is 14.5. The third kappa shape index (κ3) is 10.6. The summed E-state index contributed by atoms with van der Waals surface area (Å²) in [4.78, 5) is 13.5. The maximum atomic E-state index is 12.1. The average Bonchev–Trinajstić information content (AvgIpc) is 3.32. The highest BCUT2D eigenvalue weighted by Gasteiger charge is 2.43. The van der Waals surface area contributed by atoms with E-state index in [9.17, 15) is 30.7 Å². The molecule has 0 saturated heterocycles. The molecular weight excluding hydrogens is 737 g/mol. The summed E-state index contributed by atoms with van der Waals surface area (Å²) in [6.45, 7) is 10.7. The van der Waals surface area contributed by atoms with E-state index in [1.165, 1.54) is 18.2 Å². The normalized spacial score (nSPS) is 17.1.